The monoisotopic (exact) mass is 405 g/mol. The predicted octanol–water partition coefficient (Wildman–Crippen LogP) is 3.70. The van der Waals surface area contributed by atoms with Gasteiger partial charge in [0.25, 0.3) is 5.91 Å². The molecule has 1 fully saturated rings. The normalized spacial score (nSPS) is 20.5. The number of benzene rings is 2. The van der Waals surface area contributed by atoms with Gasteiger partial charge in [-0.3, -0.25) is 14.5 Å². The molecule has 0 bridgehead atoms. The Bertz CT molecular complexity index is 1030. The van der Waals surface area contributed by atoms with Gasteiger partial charge in [-0.15, -0.1) is 0 Å². The maximum Gasteiger partial charge on any atom is 0.325 e. The number of nitrogens with zero attached hydrogens (tertiary/aromatic N) is 1. The Morgan fingerprint density at radius 2 is 1.87 bits per heavy atom. The van der Waals surface area contributed by atoms with Crippen molar-refractivity contribution in [2.45, 2.75) is 51.5 Å². The summed E-state index contributed by atoms with van der Waals surface area (Å²) in [6.07, 6.45) is 3.15. The largest absolute Gasteiger partial charge is 0.325 e. The highest BCUT2D eigenvalue weighted by Gasteiger charge is 2.49. The third-order valence-electron chi connectivity index (χ3n) is 6.11. The number of para-hydroxylation sites is 1. The minimum atomic E-state index is -1.16. The second-order valence-electron chi connectivity index (χ2n) is 8.57. The molecular weight excluding hydrogens is 378 g/mol. The molecule has 1 atom stereocenters. The van der Waals surface area contributed by atoms with Crippen LogP contribution in [0.15, 0.2) is 42.5 Å². The van der Waals surface area contributed by atoms with Crippen molar-refractivity contribution >= 4 is 23.5 Å². The van der Waals surface area contributed by atoms with E-state index in [2.05, 4.69) is 10.6 Å². The van der Waals surface area contributed by atoms with Crippen LogP contribution in [0, 0.1) is 0 Å². The first-order chi connectivity index (χ1) is 14.3. The lowest BCUT2D eigenvalue weighted by molar-refractivity contribution is -0.133. The molecule has 1 unspecified atom stereocenters. The quantitative estimate of drug-likeness (QED) is 0.745. The average Bonchev–Trinajstić information content (AvgIpc) is 3.26. The van der Waals surface area contributed by atoms with Crippen LogP contribution < -0.4 is 10.6 Å². The first-order valence-corrected chi connectivity index (χ1v) is 10.4. The molecule has 0 aromatic heterocycles. The van der Waals surface area contributed by atoms with Gasteiger partial charge in [0.2, 0.25) is 5.91 Å². The molecule has 1 saturated heterocycles. The Kier molecular flexibility index (Phi) is 5.10. The van der Waals surface area contributed by atoms with E-state index in [0.29, 0.717) is 5.69 Å². The maximum absolute atomic E-state index is 13.2. The molecule has 2 N–H and O–H groups in total. The van der Waals surface area contributed by atoms with Gasteiger partial charge in [0, 0.05) is 5.69 Å². The number of carbonyl (C=O) groups is 3. The van der Waals surface area contributed by atoms with Gasteiger partial charge in [-0.05, 0) is 60.4 Å². The molecule has 4 amide bonds. The molecule has 1 aliphatic carbocycles. The van der Waals surface area contributed by atoms with Gasteiger partial charge in [0.05, 0.1) is 0 Å². The zero-order valence-corrected chi connectivity index (χ0v) is 17.6. The summed E-state index contributed by atoms with van der Waals surface area (Å²) in [6, 6.07) is 13.0. The van der Waals surface area contributed by atoms with Crippen molar-refractivity contribution in [1.29, 1.82) is 0 Å². The Morgan fingerprint density at radius 3 is 2.63 bits per heavy atom. The van der Waals surface area contributed by atoms with Crippen molar-refractivity contribution in [1.82, 2.24) is 10.2 Å². The van der Waals surface area contributed by atoms with E-state index in [0.717, 1.165) is 35.3 Å². The van der Waals surface area contributed by atoms with E-state index in [-0.39, 0.29) is 12.5 Å². The number of nitrogens with one attached hydrogen (secondary N) is 2. The van der Waals surface area contributed by atoms with Crippen molar-refractivity contribution in [2.75, 3.05) is 11.9 Å². The van der Waals surface area contributed by atoms with E-state index >= 15 is 0 Å². The van der Waals surface area contributed by atoms with Crippen molar-refractivity contribution in [3.05, 3.63) is 64.7 Å². The maximum atomic E-state index is 13.2. The van der Waals surface area contributed by atoms with Crippen LogP contribution in [-0.4, -0.2) is 29.3 Å². The molecule has 0 saturated carbocycles. The van der Waals surface area contributed by atoms with Crippen LogP contribution >= 0.6 is 0 Å². The average molecular weight is 405 g/mol. The molecule has 2 aliphatic rings. The third kappa shape index (κ3) is 3.47. The van der Waals surface area contributed by atoms with Crippen molar-refractivity contribution in [3.8, 4) is 0 Å². The van der Waals surface area contributed by atoms with Crippen LogP contribution in [0.2, 0.25) is 0 Å². The predicted molar refractivity (Wildman–Crippen MR) is 115 cm³/mol. The molecule has 0 radical (unpaired) electrons. The van der Waals surface area contributed by atoms with E-state index in [1.54, 1.807) is 6.92 Å². The van der Waals surface area contributed by atoms with E-state index < -0.39 is 23.4 Å². The number of anilines is 1. The zero-order valence-electron chi connectivity index (χ0n) is 17.6. The number of urea groups is 1. The fraction of sp³-hybridized carbons (Fsp3) is 0.375. The summed E-state index contributed by atoms with van der Waals surface area (Å²) < 4.78 is 0. The second-order valence-corrected chi connectivity index (χ2v) is 8.57. The SMILES string of the molecule is CC(C)c1ccccc1NC(=O)CN1C(=O)NC(C)(c2ccc3c(c2)CCC3)C1=O. The molecule has 2 aromatic rings. The van der Waals surface area contributed by atoms with Gasteiger partial charge in [-0.25, -0.2) is 4.79 Å². The van der Waals surface area contributed by atoms with E-state index in [9.17, 15) is 14.4 Å². The highest BCUT2D eigenvalue weighted by atomic mass is 16.2. The smallest absolute Gasteiger partial charge is 0.324 e. The van der Waals surface area contributed by atoms with Crippen LogP contribution in [0.3, 0.4) is 0 Å². The number of hydrogen-bond donors (Lipinski definition) is 2. The van der Waals surface area contributed by atoms with Crippen LogP contribution in [0.1, 0.15) is 55.4 Å². The molecule has 1 aliphatic heterocycles. The van der Waals surface area contributed by atoms with Gasteiger partial charge >= 0.3 is 6.03 Å². The van der Waals surface area contributed by atoms with Crippen LogP contribution in [0.25, 0.3) is 0 Å². The summed E-state index contributed by atoms with van der Waals surface area (Å²) in [4.78, 5) is 39.4. The Hall–Kier alpha value is -3.15. The lowest BCUT2D eigenvalue weighted by Gasteiger charge is -2.23. The van der Waals surface area contributed by atoms with Gasteiger partial charge in [-0.2, -0.15) is 0 Å². The van der Waals surface area contributed by atoms with Crippen LogP contribution in [-0.2, 0) is 28.0 Å². The molecular formula is C24H27N3O3. The number of hydrogen-bond acceptors (Lipinski definition) is 3. The van der Waals surface area contributed by atoms with Gasteiger partial charge in [0.1, 0.15) is 12.1 Å². The molecule has 2 aromatic carbocycles. The standard InChI is InChI=1S/C24H27N3O3/c1-15(2)19-9-4-5-10-20(19)25-21(28)14-27-22(29)24(3,26-23(27)30)18-12-11-16-7-6-8-17(16)13-18/h4-5,9-13,15H,6-8,14H2,1-3H3,(H,25,28)(H,26,30). The molecule has 1 heterocycles. The van der Waals surface area contributed by atoms with Gasteiger partial charge in [0.15, 0.2) is 0 Å². The number of rotatable bonds is 5. The fourth-order valence-corrected chi connectivity index (χ4v) is 4.37. The molecule has 0 spiro atoms. The molecule has 6 heteroatoms. The topological polar surface area (TPSA) is 78.5 Å². The number of amides is 4. The highest BCUT2D eigenvalue weighted by molar-refractivity contribution is 6.10. The van der Waals surface area contributed by atoms with Crippen LogP contribution in [0.4, 0.5) is 10.5 Å². The minimum Gasteiger partial charge on any atom is -0.324 e. The van der Waals surface area contributed by atoms with Crippen molar-refractivity contribution in [2.24, 2.45) is 0 Å². The molecule has 156 valence electrons. The first-order valence-electron chi connectivity index (χ1n) is 10.4. The fourth-order valence-electron chi connectivity index (χ4n) is 4.37. The van der Waals surface area contributed by atoms with Crippen molar-refractivity contribution in [3.63, 3.8) is 0 Å². The van der Waals surface area contributed by atoms with Crippen LogP contribution in [0.5, 0.6) is 0 Å². The molecule has 4 rings (SSSR count). The Balaban J connectivity index is 1.51. The minimum absolute atomic E-state index is 0.237. The summed E-state index contributed by atoms with van der Waals surface area (Å²) in [6.45, 7) is 5.47. The Labute approximate surface area is 176 Å². The number of imide groups is 1. The summed E-state index contributed by atoms with van der Waals surface area (Å²) in [5.41, 5.74) is 3.84. The highest BCUT2D eigenvalue weighted by Crippen LogP contribution is 2.32. The first kappa shape index (κ1) is 20.1. The number of carbonyl (C=O) groups excluding carboxylic acids is 3. The number of fused-ring (bicyclic) bond motifs is 1. The lowest BCUT2D eigenvalue weighted by atomic mass is 9.89. The zero-order chi connectivity index (χ0) is 21.5. The number of aryl methyl sites for hydroxylation is 2. The van der Waals surface area contributed by atoms with E-state index in [4.69, 9.17) is 0 Å². The van der Waals surface area contributed by atoms with E-state index in [1.807, 2.05) is 56.3 Å². The molecule has 30 heavy (non-hydrogen) atoms. The summed E-state index contributed by atoms with van der Waals surface area (Å²) >= 11 is 0. The second kappa shape index (κ2) is 7.59. The summed E-state index contributed by atoms with van der Waals surface area (Å²) in [5, 5.41) is 5.64. The lowest BCUT2D eigenvalue weighted by Crippen LogP contribution is -2.42. The Morgan fingerprint density at radius 1 is 1.13 bits per heavy atom. The van der Waals surface area contributed by atoms with Crippen molar-refractivity contribution < 1.29 is 14.4 Å². The third-order valence-corrected chi connectivity index (χ3v) is 6.11. The molecule has 6 nitrogen and oxygen atoms in total. The van der Waals surface area contributed by atoms with E-state index in [1.165, 1.54) is 11.1 Å². The summed E-state index contributed by atoms with van der Waals surface area (Å²) in [5.74, 6) is -0.566. The van der Waals surface area contributed by atoms with Gasteiger partial charge < -0.3 is 10.6 Å². The summed E-state index contributed by atoms with van der Waals surface area (Å²) in [7, 11) is 0. The van der Waals surface area contributed by atoms with Gasteiger partial charge in [-0.1, -0.05) is 50.2 Å².